The second kappa shape index (κ2) is 8.26. The number of guanidine groups is 1. The lowest BCUT2D eigenvalue weighted by Gasteiger charge is -2.11. The number of hydrogen-bond donors (Lipinski definition) is 3. The van der Waals surface area contributed by atoms with Gasteiger partial charge in [-0.15, -0.1) is 24.0 Å². The molecule has 4 nitrogen and oxygen atoms in total. The van der Waals surface area contributed by atoms with Gasteiger partial charge in [0.1, 0.15) is 0 Å². The minimum absolute atomic E-state index is 0. The minimum atomic E-state index is 0. The van der Waals surface area contributed by atoms with Crippen molar-refractivity contribution in [2.45, 2.75) is 39.7 Å². The topological polar surface area (TPSA) is 66.2 Å². The van der Waals surface area contributed by atoms with E-state index in [4.69, 9.17) is 5.73 Å². The predicted octanol–water partition coefficient (Wildman–Crippen LogP) is 3.34. The average Bonchev–Trinajstić information content (AvgIpc) is 2.83. The monoisotopic (exact) mass is 400 g/mol. The highest BCUT2D eigenvalue weighted by Gasteiger charge is 2.05. The van der Waals surface area contributed by atoms with E-state index in [1.54, 1.807) is 0 Å². The van der Waals surface area contributed by atoms with Crippen LogP contribution in [0.4, 0.5) is 0 Å². The number of halogens is 1. The summed E-state index contributed by atoms with van der Waals surface area (Å²) >= 11 is 0. The molecular weight excluding hydrogens is 375 g/mol. The third-order valence-electron chi connectivity index (χ3n) is 3.68. The Hall–Kier alpha value is -1.24. The second-order valence-electron chi connectivity index (χ2n) is 5.28. The Morgan fingerprint density at radius 3 is 2.90 bits per heavy atom. The maximum absolute atomic E-state index is 5.86. The van der Waals surface area contributed by atoms with Crippen molar-refractivity contribution < 1.29 is 0 Å². The van der Waals surface area contributed by atoms with Crippen LogP contribution in [0.1, 0.15) is 31.4 Å². The molecule has 1 unspecified atom stereocenters. The van der Waals surface area contributed by atoms with E-state index in [-0.39, 0.29) is 24.0 Å². The standard InChI is InChI=1S/C16H24N4.HI/c1-4-12(3)20-16(17)18-9-8-13-10-19-15-11(2)6-5-7-14(13)15;/h5-7,10,12,19H,4,8-9H2,1-3H3,(H3,17,18,20);1H. The SMILES string of the molecule is CCC(C)NC(N)=NCCc1c[nH]c2c(C)cccc12.I. The van der Waals surface area contributed by atoms with Crippen LogP contribution in [0.5, 0.6) is 0 Å². The number of aromatic nitrogens is 1. The van der Waals surface area contributed by atoms with Crippen molar-refractivity contribution >= 4 is 40.8 Å². The normalized spacial score (nSPS) is 13.0. The van der Waals surface area contributed by atoms with Crippen LogP contribution in [0.2, 0.25) is 0 Å². The van der Waals surface area contributed by atoms with Gasteiger partial charge in [0.15, 0.2) is 5.96 Å². The molecule has 1 aromatic carbocycles. The van der Waals surface area contributed by atoms with Gasteiger partial charge in [-0.3, -0.25) is 4.99 Å². The van der Waals surface area contributed by atoms with Gasteiger partial charge in [-0.05, 0) is 37.8 Å². The number of para-hydroxylation sites is 1. The van der Waals surface area contributed by atoms with Crippen molar-refractivity contribution in [3.63, 3.8) is 0 Å². The number of H-pyrrole nitrogens is 1. The van der Waals surface area contributed by atoms with Crippen LogP contribution in [0, 0.1) is 6.92 Å². The smallest absolute Gasteiger partial charge is 0.188 e. The molecule has 0 aliphatic heterocycles. The van der Waals surface area contributed by atoms with Gasteiger partial charge in [0.2, 0.25) is 0 Å². The molecule has 0 fully saturated rings. The van der Waals surface area contributed by atoms with Crippen LogP contribution in [0.15, 0.2) is 29.4 Å². The van der Waals surface area contributed by atoms with Gasteiger partial charge in [-0.2, -0.15) is 0 Å². The van der Waals surface area contributed by atoms with Gasteiger partial charge in [-0.1, -0.05) is 25.1 Å². The summed E-state index contributed by atoms with van der Waals surface area (Å²) in [7, 11) is 0. The zero-order valence-corrected chi connectivity index (χ0v) is 15.3. The summed E-state index contributed by atoms with van der Waals surface area (Å²) < 4.78 is 0. The molecule has 0 spiro atoms. The van der Waals surface area contributed by atoms with E-state index >= 15 is 0 Å². The van der Waals surface area contributed by atoms with Gasteiger partial charge >= 0.3 is 0 Å². The van der Waals surface area contributed by atoms with E-state index in [2.05, 4.69) is 60.5 Å². The predicted molar refractivity (Wildman–Crippen MR) is 102 cm³/mol. The molecule has 0 saturated heterocycles. The molecule has 116 valence electrons. The molecule has 1 aromatic heterocycles. The molecule has 0 saturated carbocycles. The summed E-state index contributed by atoms with van der Waals surface area (Å²) in [6.45, 7) is 7.05. The molecule has 1 heterocycles. The Labute approximate surface area is 143 Å². The first-order chi connectivity index (χ1) is 9.61. The van der Waals surface area contributed by atoms with Crippen LogP contribution < -0.4 is 11.1 Å². The number of aromatic amines is 1. The van der Waals surface area contributed by atoms with Gasteiger partial charge < -0.3 is 16.0 Å². The summed E-state index contributed by atoms with van der Waals surface area (Å²) in [6.07, 6.45) is 4.01. The summed E-state index contributed by atoms with van der Waals surface area (Å²) in [4.78, 5) is 7.73. The third kappa shape index (κ3) is 4.62. The Balaban J connectivity index is 0.00000220. The first-order valence-corrected chi connectivity index (χ1v) is 7.23. The van der Waals surface area contributed by atoms with Crippen molar-refractivity contribution in [2.24, 2.45) is 10.7 Å². The van der Waals surface area contributed by atoms with Crippen molar-refractivity contribution in [3.8, 4) is 0 Å². The van der Waals surface area contributed by atoms with E-state index in [1.807, 2.05) is 0 Å². The van der Waals surface area contributed by atoms with E-state index in [1.165, 1.54) is 22.0 Å². The van der Waals surface area contributed by atoms with Crippen LogP contribution in [0.3, 0.4) is 0 Å². The molecule has 0 amide bonds. The summed E-state index contributed by atoms with van der Waals surface area (Å²) in [5.41, 5.74) is 9.65. The van der Waals surface area contributed by atoms with Crippen molar-refractivity contribution in [1.82, 2.24) is 10.3 Å². The summed E-state index contributed by atoms with van der Waals surface area (Å²) in [6, 6.07) is 6.74. The zero-order valence-electron chi connectivity index (χ0n) is 12.9. The average molecular weight is 400 g/mol. The maximum Gasteiger partial charge on any atom is 0.188 e. The molecule has 0 aliphatic rings. The lowest BCUT2D eigenvalue weighted by Crippen LogP contribution is -2.38. The fourth-order valence-corrected chi connectivity index (χ4v) is 2.27. The Morgan fingerprint density at radius 1 is 1.43 bits per heavy atom. The maximum atomic E-state index is 5.86. The van der Waals surface area contributed by atoms with Crippen molar-refractivity contribution in [1.29, 1.82) is 0 Å². The first-order valence-electron chi connectivity index (χ1n) is 7.23. The number of nitrogens with two attached hydrogens (primary N) is 1. The highest BCUT2D eigenvalue weighted by Crippen LogP contribution is 2.21. The first kappa shape index (κ1) is 17.8. The largest absolute Gasteiger partial charge is 0.370 e. The van der Waals surface area contributed by atoms with Crippen LogP contribution in [-0.2, 0) is 6.42 Å². The van der Waals surface area contributed by atoms with Crippen LogP contribution in [0.25, 0.3) is 10.9 Å². The summed E-state index contributed by atoms with van der Waals surface area (Å²) in [5, 5.41) is 4.46. The number of fused-ring (bicyclic) bond motifs is 1. The van der Waals surface area contributed by atoms with Crippen LogP contribution in [-0.4, -0.2) is 23.5 Å². The molecule has 21 heavy (non-hydrogen) atoms. The van der Waals surface area contributed by atoms with Crippen LogP contribution >= 0.6 is 24.0 Å². The molecule has 1 atom stereocenters. The lowest BCUT2D eigenvalue weighted by atomic mass is 10.1. The molecule has 5 heteroatoms. The van der Waals surface area contributed by atoms with Crippen molar-refractivity contribution in [2.75, 3.05) is 6.54 Å². The fourth-order valence-electron chi connectivity index (χ4n) is 2.27. The van der Waals surface area contributed by atoms with Gasteiger partial charge in [0.05, 0.1) is 0 Å². The molecule has 2 rings (SSSR count). The van der Waals surface area contributed by atoms with E-state index in [9.17, 15) is 0 Å². The number of aryl methyl sites for hydroxylation is 1. The highest BCUT2D eigenvalue weighted by molar-refractivity contribution is 14.0. The zero-order chi connectivity index (χ0) is 14.5. The Kier molecular flexibility index (Phi) is 7.01. The Morgan fingerprint density at radius 2 is 2.19 bits per heavy atom. The Bertz CT molecular complexity index is 603. The minimum Gasteiger partial charge on any atom is -0.370 e. The van der Waals surface area contributed by atoms with Gasteiger partial charge in [0, 0.05) is 29.7 Å². The number of nitrogens with zero attached hydrogens (tertiary/aromatic N) is 1. The lowest BCUT2D eigenvalue weighted by molar-refractivity contribution is 0.636. The fraction of sp³-hybridized carbons (Fsp3) is 0.438. The molecule has 0 radical (unpaired) electrons. The second-order valence-corrected chi connectivity index (χ2v) is 5.28. The quantitative estimate of drug-likeness (QED) is 0.410. The van der Waals surface area contributed by atoms with E-state index in [0.29, 0.717) is 18.5 Å². The molecular formula is C16H25IN4. The molecule has 2 aromatic rings. The summed E-state index contributed by atoms with van der Waals surface area (Å²) in [5.74, 6) is 0.537. The van der Waals surface area contributed by atoms with Gasteiger partial charge in [-0.25, -0.2) is 0 Å². The number of nitrogens with one attached hydrogen (secondary N) is 2. The number of benzene rings is 1. The van der Waals surface area contributed by atoms with Crippen molar-refractivity contribution in [3.05, 3.63) is 35.5 Å². The number of rotatable bonds is 5. The number of hydrogen-bond acceptors (Lipinski definition) is 1. The van der Waals surface area contributed by atoms with E-state index < -0.39 is 0 Å². The van der Waals surface area contributed by atoms with E-state index in [0.717, 1.165) is 12.8 Å². The highest BCUT2D eigenvalue weighted by atomic mass is 127. The van der Waals surface area contributed by atoms with Gasteiger partial charge in [0.25, 0.3) is 0 Å². The molecule has 0 aliphatic carbocycles. The molecule has 4 N–H and O–H groups in total. The molecule has 0 bridgehead atoms. The third-order valence-corrected chi connectivity index (χ3v) is 3.68. The number of aliphatic imine (C=N–C) groups is 1.